The Balaban J connectivity index is 1.10. The quantitative estimate of drug-likeness (QED) is 0.568. The number of hydrogen-bond donors (Lipinski definition) is 1. The molecule has 0 aromatic heterocycles. The molecule has 40 heavy (non-hydrogen) atoms. The van der Waals surface area contributed by atoms with Gasteiger partial charge in [-0.1, -0.05) is 0 Å². The van der Waals surface area contributed by atoms with Crippen molar-refractivity contribution in [2.45, 2.75) is 71.1 Å². The van der Waals surface area contributed by atoms with Gasteiger partial charge in [0.2, 0.25) is 17.7 Å². The van der Waals surface area contributed by atoms with Gasteiger partial charge in [0.15, 0.2) is 0 Å². The molecule has 1 aromatic rings. The summed E-state index contributed by atoms with van der Waals surface area (Å²) >= 11 is 0. The third-order valence-electron chi connectivity index (χ3n) is 8.23. The molecule has 11 heteroatoms. The molecule has 1 atom stereocenters. The Bertz CT molecular complexity index is 1190. The molecule has 0 spiro atoms. The molecule has 5 rings (SSSR count). The second-order valence-electron chi connectivity index (χ2n) is 12.2. The minimum Gasteiger partial charge on any atom is -0.444 e. The van der Waals surface area contributed by atoms with Crippen LogP contribution in [0.3, 0.4) is 0 Å². The number of nitrogens with one attached hydrogen (secondary N) is 1. The average molecular weight is 554 g/mol. The molecular formula is C29H39N5O6. The second kappa shape index (κ2) is 11.1. The maximum Gasteiger partial charge on any atom is 0.410 e. The van der Waals surface area contributed by atoms with E-state index in [1.54, 1.807) is 9.80 Å². The number of amides is 5. The number of ether oxygens (including phenoxy) is 1. The first-order valence-corrected chi connectivity index (χ1v) is 14.3. The fraction of sp³-hybridized carbons (Fsp3) is 0.621. The van der Waals surface area contributed by atoms with Crippen LogP contribution in [0.25, 0.3) is 0 Å². The zero-order chi connectivity index (χ0) is 28.6. The van der Waals surface area contributed by atoms with E-state index in [4.69, 9.17) is 4.74 Å². The number of fused-ring (bicyclic) bond motifs is 1. The summed E-state index contributed by atoms with van der Waals surface area (Å²) in [5.41, 5.74) is 1.96. The number of imide groups is 1. The number of carbonyl (C=O) groups is 5. The van der Waals surface area contributed by atoms with Crippen LogP contribution in [-0.4, -0.2) is 95.3 Å². The zero-order valence-electron chi connectivity index (χ0n) is 23.6. The molecule has 4 heterocycles. The van der Waals surface area contributed by atoms with Gasteiger partial charge in [-0.3, -0.25) is 24.5 Å². The molecule has 216 valence electrons. The van der Waals surface area contributed by atoms with E-state index in [-0.39, 0.29) is 36.2 Å². The maximum absolute atomic E-state index is 13.0. The molecule has 0 aliphatic carbocycles. The molecule has 1 unspecified atom stereocenters. The van der Waals surface area contributed by atoms with E-state index >= 15 is 0 Å². The summed E-state index contributed by atoms with van der Waals surface area (Å²) in [5, 5.41) is 2.34. The van der Waals surface area contributed by atoms with Gasteiger partial charge in [0.1, 0.15) is 11.6 Å². The number of anilines is 1. The fourth-order valence-electron chi connectivity index (χ4n) is 5.99. The van der Waals surface area contributed by atoms with E-state index in [0.717, 1.165) is 24.1 Å². The lowest BCUT2D eigenvalue weighted by Crippen LogP contribution is -2.52. The first kappa shape index (κ1) is 27.9. The average Bonchev–Trinajstić information content (AvgIpc) is 3.23. The number of hydrogen-bond acceptors (Lipinski definition) is 7. The molecular weight excluding hydrogens is 514 g/mol. The Kier molecular flexibility index (Phi) is 7.74. The van der Waals surface area contributed by atoms with Crippen molar-refractivity contribution in [3.8, 4) is 0 Å². The minimum atomic E-state index is -0.625. The topological polar surface area (TPSA) is 120 Å². The van der Waals surface area contributed by atoms with Crippen molar-refractivity contribution in [2.24, 2.45) is 5.92 Å². The van der Waals surface area contributed by atoms with Crippen LogP contribution in [0.5, 0.6) is 0 Å². The van der Waals surface area contributed by atoms with Gasteiger partial charge < -0.3 is 24.3 Å². The summed E-state index contributed by atoms with van der Waals surface area (Å²) in [7, 11) is 0. The molecule has 4 aliphatic heterocycles. The minimum absolute atomic E-state index is 0.162. The lowest BCUT2D eigenvalue weighted by atomic mass is 9.93. The van der Waals surface area contributed by atoms with Crippen LogP contribution < -0.4 is 10.2 Å². The predicted octanol–water partition coefficient (Wildman–Crippen LogP) is 2.13. The fourth-order valence-corrected chi connectivity index (χ4v) is 5.99. The normalized spacial score (nSPS) is 22.4. The van der Waals surface area contributed by atoms with Crippen molar-refractivity contribution in [3.63, 3.8) is 0 Å². The van der Waals surface area contributed by atoms with Crippen LogP contribution >= 0.6 is 0 Å². The van der Waals surface area contributed by atoms with Crippen LogP contribution in [0.2, 0.25) is 0 Å². The highest BCUT2D eigenvalue weighted by Gasteiger charge is 2.39. The molecule has 0 bridgehead atoms. The molecule has 3 saturated heterocycles. The first-order chi connectivity index (χ1) is 19.0. The summed E-state index contributed by atoms with van der Waals surface area (Å²) < 4.78 is 5.47. The van der Waals surface area contributed by atoms with E-state index in [2.05, 4.69) is 10.2 Å². The molecule has 1 aromatic carbocycles. The Labute approximate surface area is 234 Å². The number of likely N-dealkylation sites (tertiary alicyclic amines) is 1. The maximum atomic E-state index is 13.0. The monoisotopic (exact) mass is 553 g/mol. The SMILES string of the molecule is CC(C)(C)OC(=O)N1CCC(CC(=O)N2CCN(c3ccc4c(c3)CN(C3CCC(=O)NC3=O)C4=O)CC2)CC1. The van der Waals surface area contributed by atoms with Crippen LogP contribution in [-0.2, 0) is 25.7 Å². The van der Waals surface area contributed by atoms with Crippen molar-refractivity contribution in [2.75, 3.05) is 44.2 Å². The van der Waals surface area contributed by atoms with Crippen LogP contribution in [0, 0.1) is 5.92 Å². The number of piperazine rings is 1. The number of carbonyl (C=O) groups excluding carboxylic acids is 5. The summed E-state index contributed by atoms with van der Waals surface area (Å²) in [4.78, 5) is 69.6. The highest BCUT2D eigenvalue weighted by Crippen LogP contribution is 2.31. The third kappa shape index (κ3) is 6.08. The Morgan fingerprint density at radius 1 is 0.950 bits per heavy atom. The molecule has 0 radical (unpaired) electrons. The standard InChI is InChI=1S/C29H39N5O6/c1-29(2,3)40-28(39)33-10-8-19(9-11-33)16-25(36)32-14-12-31(13-15-32)21-4-5-22-20(17-21)18-34(27(22)38)23-6-7-24(35)30-26(23)37/h4-5,17,19,23H,6-16,18H2,1-3H3,(H,30,35,37). The Morgan fingerprint density at radius 3 is 2.30 bits per heavy atom. The Hall–Kier alpha value is -3.63. The van der Waals surface area contributed by atoms with E-state index < -0.39 is 17.6 Å². The van der Waals surface area contributed by atoms with Gasteiger partial charge in [0.25, 0.3) is 5.91 Å². The van der Waals surface area contributed by atoms with Gasteiger partial charge in [-0.2, -0.15) is 0 Å². The summed E-state index contributed by atoms with van der Waals surface area (Å²) in [6.07, 6.45) is 2.39. The van der Waals surface area contributed by atoms with Gasteiger partial charge in [0.05, 0.1) is 0 Å². The number of nitrogens with zero attached hydrogens (tertiary/aromatic N) is 4. The van der Waals surface area contributed by atoms with Crippen LogP contribution in [0.4, 0.5) is 10.5 Å². The summed E-state index contributed by atoms with van der Waals surface area (Å²) in [6, 6.07) is 5.13. The van der Waals surface area contributed by atoms with Gasteiger partial charge >= 0.3 is 6.09 Å². The molecule has 11 nitrogen and oxygen atoms in total. The lowest BCUT2D eigenvalue weighted by molar-refractivity contribution is -0.137. The number of piperidine rings is 2. The lowest BCUT2D eigenvalue weighted by Gasteiger charge is -2.38. The van der Waals surface area contributed by atoms with Crippen LogP contribution in [0.15, 0.2) is 18.2 Å². The van der Waals surface area contributed by atoms with Crippen molar-refractivity contribution < 1.29 is 28.7 Å². The third-order valence-corrected chi connectivity index (χ3v) is 8.23. The van der Waals surface area contributed by atoms with E-state index in [9.17, 15) is 24.0 Å². The smallest absolute Gasteiger partial charge is 0.410 e. The predicted molar refractivity (Wildman–Crippen MR) is 146 cm³/mol. The van der Waals surface area contributed by atoms with Gasteiger partial charge in [0, 0.05) is 69.9 Å². The second-order valence-corrected chi connectivity index (χ2v) is 12.2. The van der Waals surface area contributed by atoms with Crippen molar-refractivity contribution in [3.05, 3.63) is 29.3 Å². The van der Waals surface area contributed by atoms with Crippen LogP contribution in [0.1, 0.15) is 68.8 Å². The Morgan fingerprint density at radius 2 is 1.65 bits per heavy atom. The van der Waals surface area contributed by atoms with Gasteiger partial charge in [-0.15, -0.1) is 0 Å². The largest absolute Gasteiger partial charge is 0.444 e. The van der Waals surface area contributed by atoms with Gasteiger partial charge in [-0.25, -0.2) is 4.79 Å². The number of rotatable bonds is 4. The van der Waals surface area contributed by atoms with E-state index in [0.29, 0.717) is 64.2 Å². The van der Waals surface area contributed by atoms with Crippen molar-refractivity contribution in [1.82, 2.24) is 20.0 Å². The summed E-state index contributed by atoms with van der Waals surface area (Å²) in [6.45, 7) is 9.82. The van der Waals surface area contributed by atoms with Gasteiger partial charge in [-0.05, 0) is 69.7 Å². The highest BCUT2D eigenvalue weighted by atomic mass is 16.6. The number of benzene rings is 1. The van der Waals surface area contributed by atoms with Crippen molar-refractivity contribution in [1.29, 1.82) is 0 Å². The first-order valence-electron chi connectivity index (χ1n) is 14.3. The van der Waals surface area contributed by atoms with Crippen molar-refractivity contribution >= 4 is 35.4 Å². The molecule has 3 fully saturated rings. The van der Waals surface area contributed by atoms with E-state index in [1.807, 2.05) is 43.9 Å². The zero-order valence-corrected chi connectivity index (χ0v) is 23.6. The molecule has 5 amide bonds. The molecule has 4 aliphatic rings. The van der Waals surface area contributed by atoms with E-state index in [1.165, 1.54) is 0 Å². The highest BCUT2D eigenvalue weighted by molar-refractivity contribution is 6.05. The molecule has 1 N–H and O–H groups in total. The summed E-state index contributed by atoms with van der Waals surface area (Å²) in [5.74, 6) is -0.454. The molecule has 0 saturated carbocycles.